The van der Waals surface area contributed by atoms with Gasteiger partial charge in [0.2, 0.25) is 0 Å². The Bertz CT molecular complexity index is 206. The van der Waals surface area contributed by atoms with E-state index in [2.05, 4.69) is 0 Å². The summed E-state index contributed by atoms with van der Waals surface area (Å²) in [7, 11) is 0. The molecule has 0 bridgehead atoms. The molecule has 0 spiro atoms. The largest absolute Gasteiger partial charge is 0.330 e. The molecule has 0 atom stereocenters. The highest BCUT2D eigenvalue weighted by molar-refractivity contribution is 6.37. The molecule has 0 saturated heterocycles. The third-order valence-corrected chi connectivity index (χ3v) is 3.03. The van der Waals surface area contributed by atoms with E-state index in [9.17, 15) is 9.59 Å². The summed E-state index contributed by atoms with van der Waals surface area (Å²) >= 11 is 0. The number of hydrogen-bond acceptors (Lipinski definition) is 4. The van der Waals surface area contributed by atoms with Crippen LogP contribution >= 0.6 is 0 Å². The van der Waals surface area contributed by atoms with Crippen molar-refractivity contribution in [1.29, 1.82) is 0 Å². The molecule has 4 heteroatoms. The molecular formula is C14H28N2O2. The first-order valence-corrected chi connectivity index (χ1v) is 7.18. The Morgan fingerprint density at radius 3 is 1.22 bits per heavy atom. The molecule has 0 aliphatic carbocycles. The van der Waals surface area contributed by atoms with Crippen molar-refractivity contribution in [3.63, 3.8) is 0 Å². The Kier molecular flexibility index (Phi) is 12.2. The van der Waals surface area contributed by atoms with E-state index in [1.54, 1.807) is 0 Å². The van der Waals surface area contributed by atoms with Gasteiger partial charge in [-0.2, -0.15) is 0 Å². The number of rotatable bonds is 13. The van der Waals surface area contributed by atoms with Crippen LogP contribution in [0.25, 0.3) is 0 Å². The van der Waals surface area contributed by atoms with Crippen molar-refractivity contribution in [2.24, 2.45) is 11.5 Å². The Morgan fingerprint density at radius 1 is 0.556 bits per heavy atom. The van der Waals surface area contributed by atoms with Crippen molar-refractivity contribution in [1.82, 2.24) is 0 Å². The molecule has 0 aliphatic rings. The van der Waals surface area contributed by atoms with Gasteiger partial charge >= 0.3 is 0 Å². The van der Waals surface area contributed by atoms with Crippen LogP contribution in [0.4, 0.5) is 0 Å². The van der Waals surface area contributed by atoms with Crippen LogP contribution in [-0.4, -0.2) is 24.7 Å². The van der Waals surface area contributed by atoms with Gasteiger partial charge in [0.15, 0.2) is 11.6 Å². The van der Waals surface area contributed by atoms with Crippen LogP contribution in [0.5, 0.6) is 0 Å². The first-order chi connectivity index (χ1) is 8.72. The lowest BCUT2D eigenvalue weighted by Crippen LogP contribution is -2.13. The molecule has 0 aliphatic heterocycles. The Hall–Kier alpha value is -0.740. The van der Waals surface area contributed by atoms with Gasteiger partial charge in [0.25, 0.3) is 0 Å². The molecule has 0 rings (SSSR count). The number of hydrogen-bond donors (Lipinski definition) is 2. The minimum atomic E-state index is -0.193. The van der Waals surface area contributed by atoms with Crippen LogP contribution in [0.3, 0.4) is 0 Å². The van der Waals surface area contributed by atoms with Gasteiger partial charge in [-0.05, 0) is 38.8 Å². The summed E-state index contributed by atoms with van der Waals surface area (Å²) in [4.78, 5) is 23.0. The molecule has 0 aromatic carbocycles. The summed E-state index contributed by atoms with van der Waals surface area (Å²) in [6.07, 6.45) is 8.55. The van der Waals surface area contributed by atoms with E-state index >= 15 is 0 Å². The summed E-state index contributed by atoms with van der Waals surface area (Å²) in [6.45, 7) is 1.41. The van der Waals surface area contributed by atoms with Crippen LogP contribution in [-0.2, 0) is 9.59 Å². The number of ketones is 2. The normalized spacial score (nSPS) is 10.6. The zero-order chi connectivity index (χ0) is 13.6. The molecule has 0 aromatic rings. The summed E-state index contributed by atoms with van der Waals surface area (Å²) < 4.78 is 0. The zero-order valence-corrected chi connectivity index (χ0v) is 11.5. The van der Waals surface area contributed by atoms with Crippen molar-refractivity contribution >= 4 is 11.6 Å². The quantitative estimate of drug-likeness (QED) is 0.389. The van der Waals surface area contributed by atoms with Crippen LogP contribution in [0.1, 0.15) is 64.2 Å². The topological polar surface area (TPSA) is 86.2 Å². The van der Waals surface area contributed by atoms with Gasteiger partial charge in [-0.15, -0.1) is 0 Å². The Labute approximate surface area is 110 Å². The number of Topliss-reactive ketones (excluding diaryl/α,β-unsaturated/α-hetero) is 2. The molecule has 0 amide bonds. The maximum Gasteiger partial charge on any atom is 0.198 e. The average molecular weight is 256 g/mol. The minimum Gasteiger partial charge on any atom is -0.330 e. The summed E-state index contributed by atoms with van der Waals surface area (Å²) in [6, 6.07) is 0. The summed E-state index contributed by atoms with van der Waals surface area (Å²) in [5.41, 5.74) is 10.8. The average Bonchev–Trinajstić information content (AvgIpc) is 2.37. The lowest BCUT2D eigenvalue weighted by atomic mass is 10.0. The summed E-state index contributed by atoms with van der Waals surface area (Å²) in [5.74, 6) is -0.386. The van der Waals surface area contributed by atoms with Gasteiger partial charge in [0.05, 0.1) is 0 Å². The fourth-order valence-electron chi connectivity index (χ4n) is 1.85. The number of carbonyl (C=O) groups is 2. The molecule has 4 nitrogen and oxygen atoms in total. The first-order valence-electron chi connectivity index (χ1n) is 7.18. The fourth-order valence-corrected chi connectivity index (χ4v) is 1.85. The molecule has 0 fully saturated rings. The van der Waals surface area contributed by atoms with E-state index < -0.39 is 0 Å². The van der Waals surface area contributed by atoms with Crippen molar-refractivity contribution in [3.05, 3.63) is 0 Å². The standard InChI is InChI=1S/C14H28N2O2/c15-11-7-3-1-5-9-13(17)14(18)10-6-2-4-8-12-16/h1-12,15-16H2. The predicted octanol–water partition coefficient (Wildman–Crippen LogP) is 1.94. The molecule has 0 unspecified atom stereocenters. The second-order valence-electron chi connectivity index (χ2n) is 4.75. The molecule has 0 aromatic heterocycles. The van der Waals surface area contributed by atoms with Gasteiger partial charge in [-0.25, -0.2) is 0 Å². The van der Waals surface area contributed by atoms with Gasteiger partial charge in [-0.3, -0.25) is 9.59 Å². The van der Waals surface area contributed by atoms with Crippen LogP contribution in [0.2, 0.25) is 0 Å². The third-order valence-electron chi connectivity index (χ3n) is 3.03. The second kappa shape index (κ2) is 12.7. The molecule has 0 saturated carbocycles. The minimum absolute atomic E-state index is 0.193. The fraction of sp³-hybridized carbons (Fsp3) is 0.857. The Balaban J connectivity index is 3.43. The van der Waals surface area contributed by atoms with Gasteiger partial charge in [0.1, 0.15) is 0 Å². The van der Waals surface area contributed by atoms with Crippen molar-refractivity contribution in [3.8, 4) is 0 Å². The summed E-state index contributed by atoms with van der Waals surface area (Å²) in [5, 5.41) is 0. The highest BCUT2D eigenvalue weighted by atomic mass is 16.2. The monoisotopic (exact) mass is 256 g/mol. The van der Waals surface area contributed by atoms with E-state index in [1.807, 2.05) is 0 Å². The number of carbonyl (C=O) groups excluding carboxylic acids is 2. The van der Waals surface area contributed by atoms with Crippen LogP contribution < -0.4 is 11.5 Å². The number of unbranched alkanes of at least 4 members (excludes halogenated alkanes) is 6. The van der Waals surface area contributed by atoms with Gasteiger partial charge in [0, 0.05) is 12.8 Å². The molecule has 106 valence electrons. The second-order valence-corrected chi connectivity index (χ2v) is 4.75. The van der Waals surface area contributed by atoms with Crippen molar-refractivity contribution in [2.75, 3.05) is 13.1 Å². The first kappa shape index (κ1) is 17.3. The lowest BCUT2D eigenvalue weighted by Gasteiger charge is -2.01. The highest BCUT2D eigenvalue weighted by Gasteiger charge is 2.12. The van der Waals surface area contributed by atoms with E-state index in [0.29, 0.717) is 25.9 Å². The number of nitrogens with two attached hydrogens (primary N) is 2. The van der Waals surface area contributed by atoms with Gasteiger partial charge < -0.3 is 11.5 Å². The highest BCUT2D eigenvalue weighted by Crippen LogP contribution is 2.07. The molecular weight excluding hydrogens is 228 g/mol. The SMILES string of the molecule is NCCCCCCC(=O)C(=O)CCCCCCN. The maximum atomic E-state index is 11.5. The smallest absolute Gasteiger partial charge is 0.198 e. The predicted molar refractivity (Wildman–Crippen MR) is 74.3 cm³/mol. The Morgan fingerprint density at radius 2 is 0.889 bits per heavy atom. The molecule has 18 heavy (non-hydrogen) atoms. The van der Waals surface area contributed by atoms with E-state index in [0.717, 1.165) is 51.4 Å². The van der Waals surface area contributed by atoms with E-state index in [4.69, 9.17) is 11.5 Å². The van der Waals surface area contributed by atoms with Crippen LogP contribution in [0.15, 0.2) is 0 Å². The van der Waals surface area contributed by atoms with Crippen molar-refractivity contribution in [2.45, 2.75) is 64.2 Å². The lowest BCUT2D eigenvalue weighted by molar-refractivity contribution is -0.136. The van der Waals surface area contributed by atoms with E-state index in [-0.39, 0.29) is 11.6 Å². The molecule has 4 N–H and O–H groups in total. The van der Waals surface area contributed by atoms with Crippen LogP contribution in [0, 0.1) is 0 Å². The third kappa shape index (κ3) is 10.4. The van der Waals surface area contributed by atoms with Gasteiger partial charge in [-0.1, -0.05) is 25.7 Å². The molecule has 0 heterocycles. The zero-order valence-electron chi connectivity index (χ0n) is 11.5. The molecule has 0 radical (unpaired) electrons. The van der Waals surface area contributed by atoms with E-state index in [1.165, 1.54) is 0 Å². The maximum absolute atomic E-state index is 11.5. The van der Waals surface area contributed by atoms with Crippen molar-refractivity contribution < 1.29 is 9.59 Å².